The van der Waals surface area contributed by atoms with E-state index in [1.807, 2.05) is 17.0 Å². The van der Waals surface area contributed by atoms with E-state index in [4.69, 9.17) is 21.7 Å². The van der Waals surface area contributed by atoms with Gasteiger partial charge in [-0.1, -0.05) is 18.2 Å². The summed E-state index contributed by atoms with van der Waals surface area (Å²) in [6, 6.07) is 14.9. The summed E-state index contributed by atoms with van der Waals surface area (Å²) in [5, 5.41) is 5.44. The molecule has 0 bridgehead atoms. The molecule has 0 saturated carbocycles. The van der Waals surface area contributed by atoms with Crippen molar-refractivity contribution < 1.29 is 23.5 Å². The molecule has 0 atom stereocenters. The molecule has 2 aromatic heterocycles. The Morgan fingerprint density at radius 1 is 1.08 bits per heavy atom. The number of ether oxygens (including phenoxy) is 2. The Kier molecular flexibility index (Phi) is 7.99. The van der Waals surface area contributed by atoms with Crippen molar-refractivity contribution in [2.24, 2.45) is 0 Å². The fourth-order valence-electron chi connectivity index (χ4n) is 4.31. The van der Waals surface area contributed by atoms with Gasteiger partial charge in [-0.15, -0.1) is 11.3 Å². The van der Waals surface area contributed by atoms with E-state index in [1.165, 1.54) is 30.6 Å². The number of carbonyl (C=O) groups is 2. The molecule has 3 heterocycles. The maximum atomic E-state index is 15.0. The molecule has 8 nitrogen and oxygen atoms in total. The number of fused-ring (bicyclic) bond motifs is 1. The smallest absolute Gasteiger partial charge is 0.264 e. The first-order chi connectivity index (χ1) is 18.9. The highest BCUT2D eigenvalue weighted by Crippen LogP contribution is 2.36. The van der Waals surface area contributed by atoms with Gasteiger partial charge in [-0.3, -0.25) is 14.6 Å². The van der Waals surface area contributed by atoms with E-state index in [0.29, 0.717) is 32.3 Å². The van der Waals surface area contributed by atoms with Gasteiger partial charge in [0.25, 0.3) is 5.91 Å². The average Bonchev–Trinajstić information content (AvgIpc) is 3.61. The molecule has 2 N–H and O–H groups in total. The molecule has 11 heteroatoms. The molecule has 1 aliphatic heterocycles. The third-order valence-electron chi connectivity index (χ3n) is 6.19. The van der Waals surface area contributed by atoms with Gasteiger partial charge < -0.3 is 25.0 Å². The number of benzene rings is 2. The summed E-state index contributed by atoms with van der Waals surface area (Å²) in [5.41, 5.74) is 1.68. The third kappa shape index (κ3) is 6.15. The topological polar surface area (TPSA) is 92.8 Å². The van der Waals surface area contributed by atoms with Crippen LogP contribution < -0.4 is 20.1 Å². The molecule has 0 aliphatic carbocycles. The summed E-state index contributed by atoms with van der Waals surface area (Å²) in [6.45, 7) is 1.51. The molecule has 4 aromatic rings. The molecule has 0 radical (unpaired) electrons. The Morgan fingerprint density at radius 2 is 1.87 bits per heavy atom. The number of halogens is 1. The largest absolute Gasteiger partial charge is 0.496 e. The molecule has 2 aromatic carbocycles. The third-order valence-corrected chi connectivity index (χ3v) is 7.52. The van der Waals surface area contributed by atoms with E-state index in [0.717, 1.165) is 31.5 Å². The van der Waals surface area contributed by atoms with Crippen molar-refractivity contribution >= 4 is 56.4 Å². The van der Waals surface area contributed by atoms with Crippen LogP contribution in [0.3, 0.4) is 0 Å². The minimum atomic E-state index is -0.627. The second kappa shape index (κ2) is 11.7. The van der Waals surface area contributed by atoms with Crippen LogP contribution in [-0.2, 0) is 11.2 Å². The van der Waals surface area contributed by atoms with E-state index in [-0.39, 0.29) is 29.1 Å². The molecule has 2 amide bonds. The number of hydrogen-bond acceptors (Lipinski definition) is 7. The van der Waals surface area contributed by atoms with E-state index in [2.05, 4.69) is 15.6 Å². The zero-order valence-corrected chi connectivity index (χ0v) is 22.7. The number of pyridine rings is 1. The lowest BCUT2D eigenvalue weighted by Gasteiger charge is -2.13. The first-order valence-corrected chi connectivity index (χ1v) is 13.5. The van der Waals surface area contributed by atoms with Crippen molar-refractivity contribution in [3.05, 3.63) is 77.1 Å². The van der Waals surface area contributed by atoms with E-state index in [9.17, 15) is 14.0 Å². The van der Waals surface area contributed by atoms with Crippen LogP contribution in [0.1, 0.15) is 28.1 Å². The summed E-state index contributed by atoms with van der Waals surface area (Å²) < 4.78 is 26.8. The van der Waals surface area contributed by atoms with Crippen molar-refractivity contribution in [3.8, 4) is 17.2 Å². The summed E-state index contributed by atoms with van der Waals surface area (Å²) in [7, 11) is 1.54. The highest BCUT2D eigenvalue weighted by atomic mass is 32.1. The van der Waals surface area contributed by atoms with Crippen LogP contribution in [0.4, 0.5) is 10.1 Å². The fourth-order valence-corrected chi connectivity index (χ4v) is 5.58. The molecular weight excluding hydrogens is 539 g/mol. The number of methoxy groups -OCH3 is 1. The number of likely N-dealkylation sites (tertiary alicyclic amines) is 1. The number of para-hydroxylation sites is 1. The molecule has 200 valence electrons. The monoisotopic (exact) mass is 564 g/mol. The molecule has 5 rings (SSSR count). The Bertz CT molecular complexity index is 1550. The van der Waals surface area contributed by atoms with Crippen molar-refractivity contribution in [3.63, 3.8) is 0 Å². The number of rotatable bonds is 7. The number of thiocarbonyl (C=S) groups is 1. The summed E-state index contributed by atoms with van der Waals surface area (Å²) >= 11 is 6.51. The Hall–Kier alpha value is -4.09. The predicted octanol–water partition coefficient (Wildman–Crippen LogP) is 5.53. The van der Waals surface area contributed by atoms with Crippen LogP contribution in [0.5, 0.6) is 17.2 Å². The number of amides is 2. The van der Waals surface area contributed by atoms with Gasteiger partial charge in [0.2, 0.25) is 5.91 Å². The lowest BCUT2D eigenvalue weighted by Crippen LogP contribution is -2.35. The number of hydrogen-bond donors (Lipinski definition) is 2. The number of anilines is 1. The summed E-state index contributed by atoms with van der Waals surface area (Å²) in [5.74, 6) is 0.0292. The number of carbonyl (C=O) groups excluding carboxylic acids is 2. The number of nitrogens with one attached hydrogen (secondary N) is 2. The minimum Gasteiger partial charge on any atom is -0.496 e. The lowest BCUT2D eigenvalue weighted by molar-refractivity contribution is -0.119. The van der Waals surface area contributed by atoms with Crippen LogP contribution in [0.2, 0.25) is 0 Å². The molecule has 0 spiro atoms. The van der Waals surface area contributed by atoms with Gasteiger partial charge in [-0.25, -0.2) is 4.39 Å². The van der Waals surface area contributed by atoms with Crippen LogP contribution in [0, 0.1) is 5.82 Å². The number of thiophene rings is 1. The standard InChI is InChI=1S/C28H25FN4O4S2/c1-36-21-7-3-2-6-17(21)14-25(34)32-28(38)31-18-8-9-22(19(29)15-18)37-23-10-11-30-20-16-24(39-26(20)23)27(35)33-12-4-5-13-33/h2-3,6-11,15-16H,4-5,12-14H2,1H3,(H2,31,32,34,38). The quantitative estimate of drug-likeness (QED) is 0.285. The molecule has 0 unspecified atom stereocenters. The molecular formula is C28H25FN4O4S2. The average molecular weight is 565 g/mol. The second-order valence-electron chi connectivity index (χ2n) is 8.87. The maximum absolute atomic E-state index is 15.0. The highest BCUT2D eigenvalue weighted by Gasteiger charge is 2.23. The number of aromatic nitrogens is 1. The van der Waals surface area contributed by atoms with E-state index < -0.39 is 5.82 Å². The van der Waals surface area contributed by atoms with Crippen molar-refractivity contribution in [2.45, 2.75) is 19.3 Å². The highest BCUT2D eigenvalue weighted by molar-refractivity contribution is 7.80. The van der Waals surface area contributed by atoms with Gasteiger partial charge in [0.1, 0.15) is 11.5 Å². The summed E-state index contributed by atoms with van der Waals surface area (Å²) in [6.07, 6.45) is 3.65. The van der Waals surface area contributed by atoms with Crippen molar-refractivity contribution in [2.75, 3.05) is 25.5 Å². The first kappa shape index (κ1) is 26.5. The normalized spacial score (nSPS) is 12.8. The Morgan fingerprint density at radius 3 is 2.64 bits per heavy atom. The maximum Gasteiger partial charge on any atom is 0.264 e. The fraction of sp³-hybridized carbons (Fsp3) is 0.214. The molecule has 1 saturated heterocycles. The van der Waals surface area contributed by atoms with Crippen molar-refractivity contribution in [1.82, 2.24) is 15.2 Å². The van der Waals surface area contributed by atoms with Crippen LogP contribution in [0.15, 0.2) is 60.8 Å². The van der Waals surface area contributed by atoms with Crippen LogP contribution in [0.25, 0.3) is 10.2 Å². The zero-order chi connectivity index (χ0) is 27.4. The minimum absolute atomic E-state index is 0.00000369. The lowest BCUT2D eigenvalue weighted by atomic mass is 10.1. The van der Waals surface area contributed by atoms with Gasteiger partial charge in [0.15, 0.2) is 16.7 Å². The SMILES string of the molecule is COc1ccccc1CC(=O)NC(=S)Nc1ccc(Oc2ccnc3cc(C(=O)N4CCCC4)sc23)c(F)c1. The van der Waals surface area contributed by atoms with Gasteiger partial charge in [0, 0.05) is 42.7 Å². The van der Waals surface area contributed by atoms with E-state index in [1.54, 1.807) is 36.5 Å². The van der Waals surface area contributed by atoms with Gasteiger partial charge in [-0.2, -0.15) is 0 Å². The Labute approximate surface area is 233 Å². The van der Waals surface area contributed by atoms with E-state index >= 15 is 0 Å². The Balaban J connectivity index is 1.24. The second-order valence-corrected chi connectivity index (χ2v) is 10.3. The van der Waals surface area contributed by atoms with Gasteiger partial charge in [-0.05, 0) is 49.3 Å². The molecule has 39 heavy (non-hydrogen) atoms. The summed E-state index contributed by atoms with van der Waals surface area (Å²) in [4.78, 5) is 32.0. The van der Waals surface area contributed by atoms with Gasteiger partial charge >= 0.3 is 0 Å². The predicted molar refractivity (Wildman–Crippen MR) is 152 cm³/mol. The van der Waals surface area contributed by atoms with Gasteiger partial charge in [0.05, 0.1) is 28.6 Å². The van der Waals surface area contributed by atoms with Crippen LogP contribution >= 0.6 is 23.6 Å². The zero-order valence-electron chi connectivity index (χ0n) is 21.0. The first-order valence-electron chi connectivity index (χ1n) is 12.3. The molecule has 1 fully saturated rings. The van der Waals surface area contributed by atoms with Crippen molar-refractivity contribution in [1.29, 1.82) is 0 Å². The molecule has 1 aliphatic rings. The number of nitrogens with zero attached hydrogens (tertiary/aromatic N) is 2. The van der Waals surface area contributed by atoms with Crippen LogP contribution in [-0.4, -0.2) is 47.0 Å².